The molecule has 2 heterocycles. The van der Waals surface area contributed by atoms with Gasteiger partial charge in [-0.05, 0) is 127 Å². The summed E-state index contributed by atoms with van der Waals surface area (Å²) in [5.41, 5.74) is 0.781. The summed E-state index contributed by atoms with van der Waals surface area (Å²) >= 11 is 0. The number of carbonyl (C=O) groups is 4. The van der Waals surface area contributed by atoms with E-state index in [1.165, 1.54) is 9.80 Å². The fourth-order valence-electron chi connectivity index (χ4n) is 11.7. The van der Waals surface area contributed by atoms with Crippen LogP contribution in [-0.4, -0.2) is 104 Å². The van der Waals surface area contributed by atoms with Crippen molar-refractivity contribution in [2.45, 2.75) is 66.5 Å². The predicted octanol–water partition coefficient (Wildman–Crippen LogP) is 15.0. The van der Waals surface area contributed by atoms with Crippen molar-refractivity contribution < 1.29 is 64.7 Å². The number of fused-ring (bicyclic) bond motifs is 2. The lowest BCUT2D eigenvalue weighted by atomic mass is 9.80. The van der Waals surface area contributed by atoms with Gasteiger partial charge in [-0.15, -0.1) is 0 Å². The number of ether oxygens (including phenoxy) is 4. The van der Waals surface area contributed by atoms with E-state index >= 15 is 19.2 Å². The van der Waals surface area contributed by atoms with Gasteiger partial charge in [-0.25, -0.2) is 0 Å². The van der Waals surface area contributed by atoms with Gasteiger partial charge in [-0.2, -0.15) is 0 Å². The minimum absolute atomic E-state index is 0.0130. The van der Waals surface area contributed by atoms with Crippen LogP contribution in [0.15, 0.2) is 146 Å². The van der Waals surface area contributed by atoms with Crippen LogP contribution in [-0.2, 0) is 26.6 Å². The average Bonchev–Trinajstić information content (AvgIpc) is 0.690. The van der Waals surface area contributed by atoms with Crippen molar-refractivity contribution in [2.75, 3.05) is 52.7 Å². The number of nitrogens with zero attached hydrogens (tertiary/aromatic N) is 2. The first-order chi connectivity index (χ1) is 41.0. The lowest BCUT2D eigenvalue weighted by molar-refractivity contribution is 0.0572. The quantitative estimate of drug-likeness (QED) is 0.0197. The molecule has 0 unspecified atom stereocenters. The van der Waals surface area contributed by atoms with E-state index in [1.54, 1.807) is 72.8 Å². The van der Waals surface area contributed by atoms with Crippen molar-refractivity contribution in [2.24, 2.45) is 0 Å². The first-order valence-corrected chi connectivity index (χ1v) is 32.7. The Morgan fingerprint density at radius 1 is 0.310 bits per heavy atom. The average molecular weight is 1170 g/mol. The zero-order valence-corrected chi connectivity index (χ0v) is 50.0. The number of hydrogen-bond acceptors (Lipinski definition) is 14. The van der Waals surface area contributed by atoms with Crippen molar-refractivity contribution in [1.29, 1.82) is 0 Å². The van der Waals surface area contributed by atoms with Crippen molar-refractivity contribution in [3.8, 4) is 46.0 Å². The summed E-state index contributed by atoms with van der Waals surface area (Å²) in [6.07, 6.45) is 0.648. The molecule has 0 saturated heterocycles. The molecule has 0 spiro atoms. The molecule has 0 aromatic heterocycles. The van der Waals surface area contributed by atoms with E-state index in [4.69, 9.17) is 45.5 Å². The number of amides is 4. The maximum Gasteiger partial charge on any atom is 0.500 e. The molecular formula is C66H66N2O14Si2. The van der Waals surface area contributed by atoms with Crippen molar-refractivity contribution in [3.05, 3.63) is 168 Å². The smallest absolute Gasteiger partial charge is 0.457 e. The Bertz CT molecular complexity index is 3390. The minimum Gasteiger partial charge on any atom is -0.457 e. The van der Waals surface area contributed by atoms with Gasteiger partial charge in [0.25, 0.3) is 23.6 Å². The number of para-hydroxylation sites is 4. The van der Waals surface area contributed by atoms with Crippen molar-refractivity contribution in [3.63, 3.8) is 0 Å². The van der Waals surface area contributed by atoms with Crippen molar-refractivity contribution in [1.82, 2.24) is 9.80 Å². The molecular weight excluding hydrogens is 1100 g/mol. The van der Waals surface area contributed by atoms with E-state index in [-0.39, 0.29) is 58.3 Å². The monoisotopic (exact) mass is 1170 g/mol. The number of carbonyl (C=O) groups excluding carboxylic acids is 4. The Morgan fingerprint density at radius 3 is 0.750 bits per heavy atom. The minimum atomic E-state index is -3.20. The third kappa shape index (κ3) is 10.9. The molecule has 0 bridgehead atoms. The summed E-state index contributed by atoms with van der Waals surface area (Å²) in [5.74, 6) is 0.471. The summed E-state index contributed by atoms with van der Waals surface area (Å²) in [4.78, 5) is 64.8. The molecule has 432 valence electrons. The number of benzene rings is 9. The molecule has 84 heavy (non-hydrogen) atoms. The molecule has 2 aliphatic rings. The summed E-state index contributed by atoms with van der Waals surface area (Å²) in [6.45, 7) is 13.5. The Kier molecular flexibility index (Phi) is 17.2. The van der Waals surface area contributed by atoms with E-state index in [2.05, 4.69) is 0 Å². The second-order valence-corrected chi connectivity index (χ2v) is 25.5. The molecule has 4 amide bonds. The van der Waals surface area contributed by atoms with E-state index < -0.39 is 41.2 Å². The van der Waals surface area contributed by atoms with E-state index in [0.717, 1.165) is 0 Å². The van der Waals surface area contributed by atoms with E-state index in [0.29, 0.717) is 131 Å². The summed E-state index contributed by atoms with van der Waals surface area (Å²) in [6, 6.07) is 44.1. The second-order valence-electron chi connectivity index (χ2n) is 20.0. The van der Waals surface area contributed by atoms with Crippen LogP contribution in [0.2, 0.25) is 12.1 Å². The molecule has 0 N–H and O–H groups in total. The van der Waals surface area contributed by atoms with Gasteiger partial charge in [0.1, 0.15) is 46.0 Å². The maximum atomic E-state index is 15.6. The molecule has 18 heteroatoms. The molecule has 0 aliphatic carbocycles. The molecule has 16 nitrogen and oxygen atoms in total. The number of rotatable bonds is 28. The first kappa shape index (κ1) is 57.8. The molecule has 0 fully saturated rings. The van der Waals surface area contributed by atoms with Crippen LogP contribution >= 0.6 is 0 Å². The van der Waals surface area contributed by atoms with Gasteiger partial charge in [0, 0.05) is 108 Å². The Balaban J connectivity index is 1.23. The molecule has 0 saturated carbocycles. The van der Waals surface area contributed by atoms with Gasteiger partial charge in [0.05, 0.1) is 22.3 Å². The fourth-order valence-corrected chi connectivity index (χ4v) is 16.9. The highest BCUT2D eigenvalue weighted by Crippen LogP contribution is 2.58. The number of hydrogen-bond donors (Lipinski definition) is 0. The summed E-state index contributed by atoms with van der Waals surface area (Å²) in [5, 5.41) is 3.20. The normalized spacial score (nSPS) is 13.5. The van der Waals surface area contributed by atoms with Gasteiger partial charge in [-0.1, -0.05) is 72.8 Å². The van der Waals surface area contributed by atoms with Crippen LogP contribution in [0.5, 0.6) is 46.0 Å². The molecule has 0 radical (unpaired) electrons. The predicted molar refractivity (Wildman–Crippen MR) is 325 cm³/mol. The highest BCUT2D eigenvalue weighted by Gasteiger charge is 2.45. The van der Waals surface area contributed by atoms with Gasteiger partial charge in [0.15, 0.2) is 0 Å². The Labute approximate surface area is 489 Å². The highest BCUT2D eigenvalue weighted by atomic mass is 28.4. The Morgan fingerprint density at radius 2 is 0.536 bits per heavy atom. The molecule has 9 aromatic carbocycles. The lowest BCUT2D eigenvalue weighted by Crippen LogP contribution is -2.47. The standard InChI is InChI=1S/C66H66N2O14Si2/c1-7-73-83(74-8-2,75-9-3)37-25-35-67-63(69)47-39-51(79-43-27-17-13-18-28-43)57-59-53(81-45-31-21-15-22-32-45)41-49-56-50(66(72)68(65(49)71)36-26-38-84(76-10-4,77-11-5)78-12-6)42-54(82-46-33-23-16-24-34-46)60(62(56)59)58-52(80-44-29-19-14-20-30-44)40-48(64(67)70)55(47)61(57)58/h13-24,27-34,39-42H,7-12,25-26,35-38H2,1-6H3. The van der Waals surface area contributed by atoms with E-state index in [9.17, 15) is 0 Å². The lowest BCUT2D eigenvalue weighted by Gasteiger charge is -2.33. The largest absolute Gasteiger partial charge is 0.500 e. The number of imide groups is 2. The SMILES string of the molecule is CCO[Si](CCCN1C(=O)c2cc(Oc3ccccc3)c3c4c(Oc5ccccc5)cc5c6c(cc(Oc7ccccc7)c(c7c(Oc8ccccc8)cc(c2c37)C1=O)c64)C(=O)N(CCC[Si](OCC)(OCC)OCC)C5=O)(OCC)OCC. The van der Waals surface area contributed by atoms with Gasteiger partial charge >= 0.3 is 17.6 Å². The molecule has 11 rings (SSSR count). The zero-order valence-electron chi connectivity index (χ0n) is 48.0. The molecule has 0 atom stereocenters. The van der Waals surface area contributed by atoms with Gasteiger partial charge in [-0.3, -0.25) is 29.0 Å². The van der Waals surface area contributed by atoms with Crippen molar-refractivity contribution >= 4 is 84.3 Å². The highest BCUT2D eigenvalue weighted by molar-refractivity contribution is 6.61. The third-order valence-corrected chi connectivity index (χ3v) is 21.2. The Hall–Kier alpha value is -8.05. The second kappa shape index (κ2) is 25.0. The van der Waals surface area contributed by atoms with Gasteiger partial charge in [0.2, 0.25) is 0 Å². The molecule has 9 aromatic rings. The fraction of sp³-hybridized carbons (Fsp3) is 0.273. The van der Waals surface area contributed by atoms with Crippen LogP contribution in [0.25, 0.3) is 43.1 Å². The topological polar surface area (TPSA) is 167 Å². The maximum absolute atomic E-state index is 15.6. The van der Waals surface area contributed by atoms with Crippen LogP contribution in [0.4, 0.5) is 0 Å². The van der Waals surface area contributed by atoms with Gasteiger partial charge < -0.3 is 45.5 Å². The van der Waals surface area contributed by atoms with Crippen LogP contribution < -0.4 is 18.9 Å². The zero-order chi connectivity index (χ0) is 58.5. The van der Waals surface area contributed by atoms with E-state index in [1.807, 2.05) is 114 Å². The van der Waals surface area contributed by atoms with Crippen LogP contribution in [0, 0.1) is 0 Å². The summed E-state index contributed by atoms with van der Waals surface area (Å²) < 4.78 is 65.3. The van der Waals surface area contributed by atoms with Crippen LogP contribution in [0.3, 0.4) is 0 Å². The first-order valence-electron chi connectivity index (χ1n) is 28.8. The summed E-state index contributed by atoms with van der Waals surface area (Å²) in [7, 11) is -6.39. The van der Waals surface area contributed by atoms with Crippen LogP contribution in [0.1, 0.15) is 95.8 Å². The third-order valence-electron chi connectivity index (χ3n) is 14.9. The molecule has 2 aliphatic heterocycles.